The molecular weight excluding hydrogens is 179 g/mol. The van der Waals surface area contributed by atoms with E-state index in [9.17, 15) is 0 Å². The van der Waals surface area contributed by atoms with Crippen LogP contribution in [0.4, 0.5) is 0 Å². The molecule has 0 amide bonds. The van der Waals surface area contributed by atoms with Gasteiger partial charge in [0.1, 0.15) is 0 Å². The van der Waals surface area contributed by atoms with Gasteiger partial charge >= 0.3 is 8.25 Å². The van der Waals surface area contributed by atoms with Crippen molar-refractivity contribution < 1.29 is 19.1 Å². The molecule has 0 bridgehead atoms. The van der Waals surface area contributed by atoms with Crippen LogP contribution in [0.25, 0.3) is 0 Å². The smallest absolute Gasteiger partial charge is 0.314 e. The summed E-state index contributed by atoms with van der Waals surface area (Å²) in [6.45, 7) is 5.48. The lowest BCUT2D eigenvalue weighted by Gasteiger charge is -2.05. The van der Waals surface area contributed by atoms with E-state index in [2.05, 4.69) is 13.8 Å². The number of epoxide rings is 1. The number of hydrogen-bond acceptors (Lipinski definition) is 2. The van der Waals surface area contributed by atoms with Crippen molar-refractivity contribution in [3.8, 4) is 0 Å². The third-order valence-corrected chi connectivity index (χ3v) is 1.93. The molecule has 0 aromatic rings. The largest absolute Gasteiger partial charge is 0.373 e. The minimum Gasteiger partial charge on any atom is -0.373 e. The first-order valence-electron chi connectivity index (χ1n) is 4.15. The van der Waals surface area contributed by atoms with Crippen molar-refractivity contribution >= 4 is 8.25 Å². The molecule has 1 saturated heterocycles. The SMILES string of the molecule is CCC(CC)C1CO1.O=[PH](O)O. The van der Waals surface area contributed by atoms with E-state index in [1.54, 1.807) is 0 Å². The van der Waals surface area contributed by atoms with E-state index in [-0.39, 0.29) is 0 Å². The van der Waals surface area contributed by atoms with Crippen LogP contribution in [0, 0.1) is 5.92 Å². The maximum absolute atomic E-state index is 8.74. The second kappa shape index (κ2) is 6.61. The van der Waals surface area contributed by atoms with Crippen LogP contribution in [-0.4, -0.2) is 22.5 Å². The Hall–Kier alpha value is 0.110. The lowest BCUT2D eigenvalue weighted by atomic mass is 10.0. The van der Waals surface area contributed by atoms with Crippen LogP contribution in [0.1, 0.15) is 26.7 Å². The van der Waals surface area contributed by atoms with E-state index in [1.807, 2.05) is 0 Å². The Morgan fingerprint density at radius 3 is 1.92 bits per heavy atom. The van der Waals surface area contributed by atoms with Crippen LogP contribution >= 0.6 is 8.25 Å². The summed E-state index contributed by atoms with van der Waals surface area (Å²) in [6, 6.07) is 0. The Balaban J connectivity index is 0.000000261. The number of ether oxygens (including phenoxy) is 1. The molecule has 0 spiro atoms. The van der Waals surface area contributed by atoms with Gasteiger partial charge in [0, 0.05) is 0 Å². The second-order valence-electron chi connectivity index (χ2n) is 2.73. The summed E-state index contributed by atoms with van der Waals surface area (Å²) >= 11 is 0. The van der Waals surface area contributed by atoms with Gasteiger partial charge in [0.2, 0.25) is 0 Å². The van der Waals surface area contributed by atoms with E-state index in [4.69, 9.17) is 19.1 Å². The van der Waals surface area contributed by atoms with Crippen LogP contribution < -0.4 is 0 Å². The van der Waals surface area contributed by atoms with E-state index in [0.717, 1.165) is 12.5 Å². The zero-order chi connectivity index (χ0) is 9.56. The maximum Gasteiger partial charge on any atom is 0.314 e. The van der Waals surface area contributed by atoms with Gasteiger partial charge in [0.15, 0.2) is 0 Å². The Bertz CT molecular complexity index is 127. The highest BCUT2D eigenvalue weighted by Crippen LogP contribution is 2.25. The maximum atomic E-state index is 8.74. The van der Waals surface area contributed by atoms with E-state index >= 15 is 0 Å². The van der Waals surface area contributed by atoms with Crippen LogP contribution in [0.15, 0.2) is 0 Å². The van der Waals surface area contributed by atoms with Gasteiger partial charge in [-0.15, -0.1) is 0 Å². The van der Waals surface area contributed by atoms with Crippen LogP contribution in [-0.2, 0) is 9.30 Å². The highest BCUT2D eigenvalue weighted by molar-refractivity contribution is 7.30. The summed E-state index contributed by atoms with van der Waals surface area (Å²) in [5.41, 5.74) is 0. The minimum atomic E-state index is -3.13. The Morgan fingerprint density at radius 2 is 1.83 bits per heavy atom. The third-order valence-electron chi connectivity index (χ3n) is 1.93. The molecule has 2 N–H and O–H groups in total. The zero-order valence-corrected chi connectivity index (χ0v) is 8.49. The van der Waals surface area contributed by atoms with Gasteiger partial charge in [-0.1, -0.05) is 26.7 Å². The molecule has 5 heteroatoms. The van der Waals surface area contributed by atoms with Gasteiger partial charge in [-0.3, -0.25) is 4.57 Å². The summed E-state index contributed by atoms with van der Waals surface area (Å²) in [5.74, 6) is 0.843. The van der Waals surface area contributed by atoms with Crippen molar-refractivity contribution in [1.29, 1.82) is 0 Å². The van der Waals surface area contributed by atoms with E-state index in [1.165, 1.54) is 12.8 Å². The van der Waals surface area contributed by atoms with Gasteiger partial charge in [-0.2, -0.15) is 0 Å². The van der Waals surface area contributed by atoms with Crippen molar-refractivity contribution in [1.82, 2.24) is 0 Å². The van der Waals surface area contributed by atoms with Gasteiger partial charge < -0.3 is 14.5 Å². The fraction of sp³-hybridized carbons (Fsp3) is 1.00. The Morgan fingerprint density at radius 1 is 1.50 bits per heavy atom. The van der Waals surface area contributed by atoms with E-state index < -0.39 is 8.25 Å². The summed E-state index contributed by atoms with van der Waals surface area (Å²) in [5, 5.41) is 0. The molecule has 1 aliphatic heterocycles. The van der Waals surface area contributed by atoms with Crippen molar-refractivity contribution in [2.45, 2.75) is 32.8 Å². The molecule has 0 aromatic heterocycles. The highest BCUT2D eigenvalue weighted by atomic mass is 31.1. The first-order valence-corrected chi connectivity index (χ1v) is 5.45. The standard InChI is InChI=1S/C7H14O.H3O3P/c1-3-6(4-2)7-5-8-7;1-4(2)3/h6-7H,3-5H2,1-2H3;4H,(H2,1,2,3). The van der Waals surface area contributed by atoms with Crippen molar-refractivity contribution in [2.75, 3.05) is 6.61 Å². The van der Waals surface area contributed by atoms with Crippen LogP contribution in [0.3, 0.4) is 0 Å². The highest BCUT2D eigenvalue weighted by Gasteiger charge is 2.29. The Kier molecular flexibility index (Phi) is 6.67. The molecule has 1 rings (SSSR count). The summed E-state index contributed by atoms with van der Waals surface area (Å²) in [7, 11) is -3.13. The molecule has 12 heavy (non-hydrogen) atoms. The third kappa shape index (κ3) is 6.80. The predicted octanol–water partition coefficient (Wildman–Crippen LogP) is 1.18. The second-order valence-corrected chi connectivity index (χ2v) is 3.30. The molecule has 1 fully saturated rings. The normalized spacial score (nSPS) is 20.7. The quantitative estimate of drug-likeness (QED) is 0.525. The molecule has 1 heterocycles. The molecule has 1 unspecified atom stereocenters. The summed E-state index contributed by atoms with van der Waals surface area (Å²) in [4.78, 5) is 14.3. The molecule has 0 saturated carbocycles. The predicted molar refractivity (Wildman–Crippen MR) is 47.3 cm³/mol. The molecule has 1 atom stereocenters. The number of hydrogen-bond donors (Lipinski definition) is 2. The van der Waals surface area contributed by atoms with Crippen LogP contribution in [0.2, 0.25) is 0 Å². The van der Waals surface area contributed by atoms with E-state index in [0.29, 0.717) is 6.10 Å². The monoisotopic (exact) mass is 196 g/mol. The molecule has 0 aromatic carbocycles. The average Bonchev–Trinajstić information content (AvgIpc) is 2.72. The van der Waals surface area contributed by atoms with Crippen molar-refractivity contribution in [3.05, 3.63) is 0 Å². The van der Waals surface area contributed by atoms with Crippen molar-refractivity contribution in [2.24, 2.45) is 5.92 Å². The fourth-order valence-corrected chi connectivity index (χ4v) is 1.14. The molecule has 0 aliphatic carbocycles. The first kappa shape index (κ1) is 12.1. The topological polar surface area (TPSA) is 70.1 Å². The molecule has 1 aliphatic rings. The minimum absolute atomic E-state index is 0.630. The Labute approximate surface area is 73.5 Å². The molecular formula is C7H17O4P. The number of rotatable bonds is 3. The summed E-state index contributed by atoms with van der Waals surface area (Å²) < 4.78 is 13.9. The summed E-state index contributed by atoms with van der Waals surface area (Å²) in [6.07, 6.45) is 3.19. The van der Waals surface area contributed by atoms with Gasteiger partial charge in [-0.25, -0.2) is 0 Å². The van der Waals surface area contributed by atoms with Gasteiger partial charge in [-0.05, 0) is 5.92 Å². The average molecular weight is 196 g/mol. The van der Waals surface area contributed by atoms with Crippen molar-refractivity contribution in [3.63, 3.8) is 0 Å². The zero-order valence-electron chi connectivity index (χ0n) is 7.49. The lowest BCUT2D eigenvalue weighted by Crippen LogP contribution is -2.04. The van der Waals surface area contributed by atoms with Crippen LogP contribution in [0.5, 0.6) is 0 Å². The van der Waals surface area contributed by atoms with Gasteiger partial charge in [0.05, 0.1) is 12.7 Å². The van der Waals surface area contributed by atoms with Gasteiger partial charge in [0.25, 0.3) is 0 Å². The molecule has 0 radical (unpaired) electrons. The lowest BCUT2D eigenvalue weighted by molar-refractivity contribution is 0.316. The fourth-order valence-electron chi connectivity index (χ4n) is 1.14. The first-order chi connectivity index (χ1) is 5.61. The molecule has 74 valence electrons. The molecule has 4 nitrogen and oxygen atoms in total.